The third kappa shape index (κ3) is 2.15. The van der Waals surface area contributed by atoms with Crippen molar-refractivity contribution in [3.63, 3.8) is 0 Å². The molecule has 3 unspecified atom stereocenters. The van der Waals surface area contributed by atoms with Crippen LogP contribution in [0.25, 0.3) is 0 Å². The van der Waals surface area contributed by atoms with E-state index in [0.29, 0.717) is 5.92 Å². The highest BCUT2D eigenvalue weighted by Crippen LogP contribution is 2.46. The summed E-state index contributed by atoms with van der Waals surface area (Å²) in [4.78, 5) is 1.11. The van der Waals surface area contributed by atoms with Gasteiger partial charge in [0.2, 0.25) is 0 Å². The molecule has 1 saturated carbocycles. The van der Waals surface area contributed by atoms with Crippen LogP contribution in [-0.4, -0.2) is 5.11 Å². The van der Waals surface area contributed by atoms with Gasteiger partial charge in [-0.05, 0) is 58.5 Å². The second-order valence-corrected chi connectivity index (χ2v) is 6.60. The largest absolute Gasteiger partial charge is 0.384 e. The third-order valence-corrected chi connectivity index (χ3v) is 5.72. The molecule has 1 aliphatic carbocycles. The van der Waals surface area contributed by atoms with Crippen LogP contribution in [0.5, 0.6) is 0 Å². The van der Waals surface area contributed by atoms with Crippen molar-refractivity contribution in [1.82, 2.24) is 0 Å². The second-order valence-electron chi connectivity index (χ2n) is 4.83. The predicted molar refractivity (Wildman–Crippen MR) is 68.1 cm³/mol. The van der Waals surface area contributed by atoms with Gasteiger partial charge in [0.05, 0.1) is 4.88 Å². The Morgan fingerprint density at radius 2 is 2.20 bits per heavy atom. The van der Waals surface area contributed by atoms with Gasteiger partial charge < -0.3 is 5.11 Å². The Morgan fingerprint density at radius 3 is 2.73 bits per heavy atom. The average molecular weight is 289 g/mol. The Bertz CT molecular complexity index is 349. The number of hydrogen-bond acceptors (Lipinski definition) is 2. The summed E-state index contributed by atoms with van der Waals surface area (Å²) in [7, 11) is 0. The van der Waals surface area contributed by atoms with Gasteiger partial charge in [0.25, 0.3) is 0 Å². The van der Waals surface area contributed by atoms with Crippen molar-refractivity contribution in [2.45, 2.75) is 38.7 Å². The van der Waals surface area contributed by atoms with Crippen LogP contribution >= 0.6 is 27.3 Å². The number of hydrogen-bond donors (Lipinski definition) is 1. The number of halogens is 1. The highest BCUT2D eigenvalue weighted by molar-refractivity contribution is 9.10. The van der Waals surface area contributed by atoms with Crippen LogP contribution in [0.2, 0.25) is 0 Å². The van der Waals surface area contributed by atoms with Gasteiger partial charge in [0.1, 0.15) is 5.60 Å². The van der Waals surface area contributed by atoms with Gasteiger partial charge in [-0.1, -0.05) is 13.8 Å². The van der Waals surface area contributed by atoms with Crippen LogP contribution < -0.4 is 0 Å². The van der Waals surface area contributed by atoms with E-state index in [-0.39, 0.29) is 0 Å². The van der Waals surface area contributed by atoms with Crippen molar-refractivity contribution >= 4 is 27.3 Å². The predicted octanol–water partition coefficient (Wildman–Crippen LogP) is 4.15. The molecule has 3 heteroatoms. The molecule has 15 heavy (non-hydrogen) atoms. The summed E-state index contributed by atoms with van der Waals surface area (Å²) >= 11 is 5.18. The zero-order valence-electron chi connectivity index (χ0n) is 9.16. The van der Waals surface area contributed by atoms with Crippen molar-refractivity contribution < 1.29 is 5.11 Å². The first-order chi connectivity index (χ1) is 7.03. The average Bonchev–Trinajstić information content (AvgIpc) is 2.59. The Hall–Kier alpha value is 0.140. The van der Waals surface area contributed by atoms with E-state index >= 15 is 0 Å². The SMILES string of the molecule is CC1CCC(O)(c2sccc2Br)CC1C. The summed E-state index contributed by atoms with van der Waals surface area (Å²) in [6.45, 7) is 4.53. The smallest absolute Gasteiger partial charge is 0.100 e. The monoisotopic (exact) mass is 288 g/mol. The summed E-state index contributed by atoms with van der Waals surface area (Å²) < 4.78 is 1.07. The Labute approximate surface area is 104 Å². The Morgan fingerprint density at radius 1 is 1.47 bits per heavy atom. The topological polar surface area (TPSA) is 20.2 Å². The molecule has 1 nitrogen and oxygen atoms in total. The third-order valence-electron chi connectivity index (χ3n) is 3.68. The van der Waals surface area contributed by atoms with Gasteiger partial charge in [-0.3, -0.25) is 0 Å². The van der Waals surface area contributed by atoms with E-state index in [1.165, 1.54) is 0 Å². The minimum Gasteiger partial charge on any atom is -0.384 e. The molecule has 1 heterocycles. The van der Waals surface area contributed by atoms with Crippen molar-refractivity contribution in [2.24, 2.45) is 11.8 Å². The molecule has 1 aliphatic rings. The van der Waals surface area contributed by atoms with E-state index in [4.69, 9.17) is 0 Å². The van der Waals surface area contributed by atoms with Crippen LogP contribution in [-0.2, 0) is 5.60 Å². The molecule has 0 aromatic carbocycles. The number of rotatable bonds is 1. The molecule has 0 amide bonds. The lowest BCUT2D eigenvalue weighted by Gasteiger charge is -2.38. The quantitative estimate of drug-likeness (QED) is 0.823. The molecular formula is C12H17BrOS. The molecule has 3 atom stereocenters. The maximum absolute atomic E-state index is 10.7. The lowest BCUT2D eigenvalue weighted by atomic mass is 9.72. The van der Waals surface area contributed by atoms with E-state index in [0.717, 1.165) is 34.5 Å². The van der Waals surface area contributed by atoms with Crippen LogP contribution in [0.3, 0.4) is 0 Å². The van der Waals surface area contributed by atoms with E-state index in [1.807, 2.05) is 11.4 Å². The zero-order valence-corrected chi connectivity index (χ0v) is 11.6. The van der Waals surface area contributed by atoms with E-state index in [2.05, 4.69) is 29.8 Å². The van der Waals surface area contributed by atoms with Gasteiger partial charge in [-0.15, -0.1) is 11.3 Å². The molecule has 0 radical (unpaired) electrons. The first-order valence-corrected chi connectivity index (χ1v) is 7.16. The second kappa shape index (κ2) is 4.19. The van der Waals surface area contributed by atoms with Crippen molar-refractivity contribution in [2.75, 3.05) is 0 Å². The molecule has 1 aromatic heterocycles. The molecular weight excluding hydrogens is 272 g/mol. The van der Waals surface area contributed by atoms with E-state index in [9.17, 15) is 5.11 Å². The van der Waals surface area contributed by atoms with Crippen molar-refractivity contribution in [1.29, 1.82) is 0 Å². The fraction of sp³-hybridized carbons (Fsp3) is 0.667. The first-order valence-electron chi connectivity index (χ1n) is 5.49. The van der Waals surface area contributed by atoms with Crippen molar-refractivity contribution in [3.8, 4) is 0 Å². The van der Waals surface area contributed by atoms with Gasteiger partial charge >= 0.3 is 0 Å². The van der Waals surface area contributed by atoms with Gasteiger partial charge in [-0.2, -0.15) is 0 Å². The summed E-state index contributed by atoms with van der Waals surface area (Å²) in [5.74, 6) is 1.35. The maximum atomic E-state index is 10.7. The summed E-state index contributed by atoms with van der Waals surface area (Å²) in [5.41, 5.74) is -0.584. The molecule has 2 rings (SSSR count). The van der Waals surface area contributed by atoms with Crippen molar-refractivity contribution in [3.05, 3.63) is 20.8 Å². The Balaban J connectivity index is 2.25. The first kappa shape index (κ1) is 11.6. The molecule has 0 bridgehead atoms. The fourth-order valence-corrected chi connectivity index (χ4v) is 4.30. The fourth-order valence-electron chi connectivity index (χ4n) is 2.42. The van der Waals surface area contributed by atoms with Crippen LogP contribution in [0.15, 0.2) is 15.9 Å². The molecule has 84 valence electrons. The van der Waals surface area contributed by atoms with Gasteiger partial charge in [-0.25, -0.2) is 0 Å². The van der Waals surface area contributed by atoms with E-state index < -0.39 is 5.60 Å². The van der Waals surface area contributed by atoms with Gasteiger partial charge in [0.15, 0.2) is 0 Å². The molecule has 1 fully saturated rings. The lowest BCUT2D eigenvalue weighted by molar-refractivity contribution is -0.0311. The number of aliphatic hydroxyl groups is 1. The molecule has 0 saturated heterocycles. The standard InChI is InChI=1S/C12H17BrOS/c1-8-3-5-12(14,7-9(8)2)11-10(13)4-6-15-11/h4,6,8-9,14H,3,5,7H2,1-2H3. The highest BCUT2D eigenvalue weighted by Gasteiger charge is 2.39. The molecule has 1 aromatic rings. The lowest BCUT2D eigenvalue weighted by Crippen LogP contribution is -2.34. The summed E-state index contributed by atoms with van der Waals surface area (Å²) in [6, 6.07) is 2.03. The highest BCUT2D eigenvalue weighted by atomic mass is 79.9. The minimum atomic E-state index is -0.584. The normalized spacial score (nSPS) is 36.8. The minimum absolute atomic E-state index is 0.584. The molecule has 1 N–H and O–H groups in total. The van der Waals surface area contributed by atoms with Crippen LogP contribution in [0, 0.1) is 11.8 Å². The maximum Gasteiger partial charge on any atom is 0.100 e. The Kier molecular flexibility index (Phi) is 3.25. The van der Waals surface area contributed by atoms with Crippen LogP contribution in [0.1, 0.15) is 38.0 Å². The molecule has 0 spiro atoms. The van der Waals surface area contributed by atoms with E-state index in [1.54, 1.807) is 11.3 Å². The van der Waals surface area contributed by atoms with Crippen LogP contribution in [0.4, 0.5) is 0 Å². The summed E-state index contributed by atoms with van der Waals surface area (Å²) in [5, 5.41) is 12.7. The molecule has 0 aliphatic heterocycles. The zero-order chi connectivity index (χ0) is 11.1. The summed E-state index contributed by atoms with van der Waals surface area (Å²) in [6.07, 6.45) is 2.92. The van der Waals surface area contributed by atoms with Gasteiger partial charge in [0, 0.05) is 4.47 Å². The number of thiophene rings is 1.